The van der Waals surface area contributed by atoms with Crippen molar-refractivity contribution in [2.45, 2.75) is 12.5 Å². The van der Waals surface area contributed by atoms with Gasteiger partial charge in [0.15, 0.2) is 11.5 Å². The largest absolute Gasteiger partial charge is 0.512 e. The van der Waals surface area contributed by atoms with E-state index < -0.39 is 12.1 Å². The highest BCUT2D eigenvalue weighted by Crippen LogP contribution is 2.27. The highest BCUT2D eigenvalue weighted by molar-refractivity contribution is 5.83. The van der Waals surface area contributed by atoms with Crippen molar-refractivity contribution in [2.75, 3.05) is 7.11 Å². The second-order valence-corrected chi connectivity index (χ2v) is 4.11. The lowest BCUT2D eigenvalue weighted by atomic mass is 10.1. The number of aliphatic hydroxyl groups is 1. The number of phenols is 1. The lowest BCUT2D eigenvalue weighted by Crippen LogP contribution is -2.20. The molecule has 1 aromatic carbocycles. The van der Waals surface area contributed by atoms with Crippen LogP contribution in [-0.2, 0) is 9.53 Å². The van der Waals surface area contributed by atoms with Crippen molar-refractivity contribution in [3.63, 3.8) is 0 Å². The molecule has 1 aromatic rings. The van der Waals surface area contributed by atoms with E-state index in [0.717, 1.165) is 11.6 Å². The molecule has 5 heteroatoms. The summed E-state index contributed by atoms with van der Waals surface area (Å²) in [5, 5.41) is 18.8. The van der Waals surface area contributed by atoms with E-state index in [4.69, 9.17) is 9.47 Å². The first-order chi connectivity index (χ1) is 9.08. The van der Waals surface area contributed by atoms with Gasteiger partial charge in [-0.2, -0.15) is 0 Å². The number of carbonyl (C=O) groups is 1. The number of cyclic esters (lactones) is 1. The molecule has 0 bridgehead atoms. The standard InChI is InChI=1S/C14H14O5/c1-18-13-6-9(3-5-12(13)16)2-4-11-7-10(15)8-14(17)19-11/h2-6,8,11,15-16H,7H2,1H3/b4-2+. The molecule has 5 nitrogen and oxygen atoms in total. The van der Waals surface area contributed by atoms with Gasteiger partial charge in [0.1, 0.15) is 11.9 Å². The van der Waals surface area contributed by atoms with Crippen LogP contribution in [-0.4, -0.2) is 29.4 Å². The van der Waals surface area contributed by atoms with Crippen LogP contribution in [0.5, 0.6) is 11.5 Å². The normalized spacial score (nSPS) is 19.1. The molecule has 2 N–H and O–H groups in total. The van der Waals surface area contributed by atoms with Crippen molar-refractivity contribution in [2.24, 2.45) is 0 Å². The number of hydrogen-bond donors (Lipinski definition) is 2. The van der Waals surface area contributed by atoms with Gasteiger partial charge in [-0.3, -0.25) is 0 Å². The zero-order chi connectivity index (χ0) is 13.8. The third-order valence-electron chi connectivity index (χ3n) is 2.67. The Morgan fingerprint density at radius 2 is 2.21 bits per heavy atom. The molecule has 0 radical (unpaired) electrons. The Kier molecular flexibility index (Phi) is 3.75. The fourth-order valence-corrected chi connectivity index (χ4v) is 1.75. The highest BCUT2D eigenvalue weighted by atomic mass is 16.5. The smallest absolute Gasteiger partial charge is 0.334 e. The van der Waals surface area contributed by atoms with Gasteiger partial charge in [-0.1, -0.05) is 12.1 Å². The monoisotopic (exact) mass is 262 g/mol. The number of hydrogen-bond acceptors (Lipinski definition) is 5. The first kappa shape index (κ1) is 13.0. The maximum atomic E-state index is 11.1. The first-order valence-electron chi connectivity index (χ1n) is 5.74. The molecule has 0 amide bonds. The predicted octanol–water partition coefficient (Wildman–Crippen LogP) is 2.17. The van der Waals surface area contributed by atoms with Gasteiger partial charge in [-0.15, -0.1) is 0 Å². The van der Waals surface area contributed by atoms with Crippen LogP contribution in [0, 0.1) is 0 Å². The molecule has 1 aliphatic heterocycles. The van der Waals surface area contributed by atoms with Crippen molar-refractivity contribution in [1.29, 1.82) is 0 Å². The topological polar surface area (TPSA) is 76.0 Å². The van der Waals surface area contributed by atoms with Crippen molar-refractivity contribution >= 4 is 12.0 Å². The zero-order valence-electron chi connectivity index (χ0n) is 10.4. The molecule has 0 spiro atoms. The van der Waals surface area contributed by atoms with Gasteiger partial charge in [-0.05, 0) is 23.8 Å². The number of methoxy groups -OCH3 is 1. The summed E-state index contributed by atoms with van der Waals surface area (Å²) in [6, 6.07) is 4.88. The summed E-state index contributed by atoms with van der Waals surface area (Å²) in [4.78, 5) is 11.1. The van der Waals surface area contributed by atoms with E-state index in [1.165, 1.54) is 13.2 Å². The van der Waals surface area contributed by atoms with Crippen LogP contribution in [0.3, 0.4) is 0 Å². The lowest BCUT2D eigenvalue weighted by molar-refractivity contribution is -0.142. The fourth-order valence-electron chi connectivity index (χ4n) is 1.75. The molecule has 19 heavy (non-hydrogen) atoms. The van der Waals surface area contributed by atoms with Crippen LogP contribution in [0.1, 0.15) is 12.0 Å². The van der Waals surface area contributed by atoms with Crippen molar-refractivity contribution in [3.8, 4) is 11.5 Å². The third-order valence-corrected chi connectivity index (χ3v) is 2.67. The average molecular weight is 262 g/mol. The molecule has 1 aliphatic rings. The SMILES string of the molecule is COc1cc(/C=C/C2CC(O)=CC(=O)O2)ccc1O. The van der Waals surface area contributed by atoms with Gasteiger partial charge in [0.05, 0.1) is 13.2 Å². The second kappa shape index (κ2) is 5.48. The van der Waals surface area contributed by atoms with Crippen molar-refractivity contribution < 1.29 is 24.5 Å². The minimum absolute atomic E-state index is 0.00851. The van der Waals surface area contributed by atoms with Gasteiger partial charge in [0.25, 0.3) is 0 Å². The van der Waals surface area contributed by atoms with Gasteiger partial charge in [-0.25, -0.2) is 4.79 Å². The van der Waals surface area contributed by atoms with E-state index in [-0.39, 0.29) is 17.9 Å². The van der Waals surface area contributed by atoms with E-state index in [2.05, 4.69) is 0 Å². The van der Waals surface area contributed by atoms with Gasteiger partial charge in [0, 0.05) is 6.42 Å². The van der Waals surface area contributed by atoms with Crippen LogP contribution in [0.2, 0.25) is 0 Å². The maximum absolute atomic E-state index is 11.1. The molecule has 1 atom stereocenters. The summed E-state index contributed by atoms with van der Waals surface area (Å²) in [5.74, 6) is -0.120. The van der Waals surface area contributed by atoms with Crippen LogP contribution < -0.4 is 4.74 Å². The van der Waals surface area contributed by atoms with E-state index in [9.17, 15) is 15.0 Å². The Hall–Kier alpha value is -2.43. The Labute approximate surface area is 110 Å². The molecule has 1 unspecified atom stereocenters. The molecule has 0 aromatic heterocycles. The Morgan fingerprint density at radius 3 is 2.89 bits per heavy atom. The Morgan fingerprint density at radius 1 is 1.42 bits per heavy atom. The van der Waals surface area contributed by atoms with Crippen LogP contribution in [0.4, 0.5) is 0 Å². The Bertz CT molecular complexity index is 545. The van der Waals surface area contributed by atoms with E-state index in [1.54, 1.807) is 24.3 Å². The quantitative estimate of drug-likeness (QED) is 0.816. The highest BCUT2D eigenvalue weighted by Gasteiger charge is 2.18. The van der Waals surface area contributed by atoms with E-state index in [0.29, 0.717) is 5.75 Å². The molecule has 2 rings (SSSR count). The number of rotatable bonds is 3. The second-order valence-electron chi connectivity index (χ2n) is 4.11. The molecule has 100 valence electrons. The minimum atomic E-state index is -0.554. The first-order valence-corrected chi connectivity index (χ1v) is 5.74. The summed E-state index contributed by atoms with van der Waals surface area (Å²) in [6.45, 7) is 0. The van der Waals surface area contributed by atoms with Crippen molar-refractivity contribution in [1.82, 2.24) is 0 Å². The van der Waals surface area contributed by atoms with E-state index >= 15 is 0 Å². The summed E-state index contributed by atoms with van der Waals surface area (Å²) in [5.41, 5.74) is 0.791. The third kappa shape index (κ3) is 3.28. The molecule has 1 heterocycles. The Balaban J connectivity index is 2.11. The average Bonchev–Trinajstić information content (AvgIpc) is 2.36. The summed E-state index contributed by atoms with van der Waals surface area (Å²) >= 11 is 0. The number of aliphatic hydroxyl groups excluding tert-OH is 1. The van der Waals surface area contributed by atoms with E-state index in [1.807, 2.05) is 0 Å². The predicted molar refractivity (Wildman–Crippen MR) is 68.9 cm³/mol. The summed E-state index contributed by atoms with van der Waals surface area (Å²) < 4.78 is 10.0. The zero-order valence-corrected chi connectivity index (χ0v) is 10.4. The van der Waals surface area contributed by atoms with Gasteiger partial charge in [0.2, 0.25) is 0 Å². The van der Waals surface area contributed by atoms with Crippen LogP contribution in [0.25, 0.3) is 6.08 Å². The van der Waals surface area contributed by atoms with Crippen LogP contribution in [0.15, 0.2) is 36.1 Å². The number of esters is 1. The lowest BCUT2D eigenvalue weighted by Gasteiger charge is -2.17. The fraction of sp³-hybridized carbons (Fsp3) is 0.214. The number of benzene rings is 1. The number of carbonyl (C=O) groups excluding carboxylic acids is 1. The summed E-state index contributed by atoms with van der Waals surface area (Å²) in [7, 11) is 1.47. The summed E-state index contributed by atoms with van der Waals surface area (Å²) in [6.07, 6.45) is 4.24. The number of ether oxygens (including phenoxy) is 2. The van der Waals surface area contributed by atoms with Crippen molar-refractivity contribution in [3.05, 3.63) is 41.7 Å². The molecule has 0 fully saturated rings. The molecule has 0 saturated carbocycles. The molecular formula is C14H14O5. The minimum Gasteiger partial charge on any atom is -0.512 e. The van der Waals surface area contributed by atoms with Gasteiger partial charge >= 0.3 is 5.97 Å². The van der Waals surface area contributed by atoms with Crippen LogP contribution >= 0.6 is 0 Å². The number of aromatic hydroxyl groups is 1. The van der Waals surface area contributed by atoms with Gasteiger partial charge < -0.3 is 19.7 Å². The maximum Gasteiger partial charge on any atom is 0.334 e. The molecular weight excluding hydrogens is 248 g/mol. The molecule has 0 saturated heterocycles. The molecule has 0 aliphatic carbocycles. The number of phenolic OH excluding ortho intramolecular Hbond substituents is 1.